The Bertz CT molecular complexity index is 462. The average molecular weight is 428 g/mol. The van der Waals surface area contributed by atoms with Gasteiger partial charge in [0.2, 0.25) is 0 Å². The summed E-state index contributed by atoms with van der Waals surface area (Å²) in [6.45, 7) is 0. The third kappa shape index (κ3) is 1.71. The van der Waals surface area contributed by atoms with E-state index in [1.165, 1.54) is 38.5 Å². The molecule has 8 saturated carbocycles. The number of hydrogen-bond acceptors (Lipinski definition) is 0. The normalized spacial score (nSPS) is 67.9. The van der Waals surface area contributed by atoms with Gasteiger partial charge in [0.25, 0.3) is 0 Å². The summed E-state index contributed by atoms with van der Waals surface area (Å²) in [6, 6.07) is 0. The van der Waals surface area contributed by atoms with Crippen LogP contribution in [0.5, 0.6) is 0 Å². The van der Waals surface area contributed by atoms with E-state index in [4.69, 9.17) is 0 Å². The first-order chi connectivity index (χ1) is 10.4. The van der Waals surface area contributed by atoms with Crippen LogP contribution in [0.3, 0.4) is 0 Å². The van der Waals surface area contributed by atoms with Gasteiger partial charge in [-0.15, -0.1) is 0 Å². The summed E-state index contributed by atoms with van der Waals surface area (Å²) in [5.74, 6) is 4.22. The topological polar surface area (TPSA) is 0 Å². The second-order valence-corrected chi connectivity index (χ2v) is 14.1. The minimum Gasteiger partial charge on any atom is -0.0853 e. The number of rotatable bonds is 1. The van der Waals surface area contributed by atoms with E-state index in [0.717, 1.165) is 34.5 Å². The summed E-state index contributed by atoms with van der Waals surface area (Å²) in [6.07, 6.45) is 18.5. The molecule has 0 spiro atoms. The molecule has 0 amide bonds. The van der Waals surface area contributed by atoms with E-state index in [1.54, 1.807) is 38.5 Å². The molecule has 2 heteroatoms. The molecule has 8 aliphatic rings. The summed E-state index contributed by atoms with van der Waals surface area (Å²) in [5.41, 5.74) is 1.44. The molecule has 0 radical (unpaired) electrons. The van der Waals surface area contributed by atoms with Crippen LogP contribution in [0.1, 0.15) is 77.0 Å². The van der Waals surface area contributed by atoms with Crippen LogP contribution in [0.4, 0.5) is 0 Å². The van der Waals surface area contributed by atoms with Gasteiger partial charge < -0.3 is 0 Å². The second kappa shape index (κ2) is 4.02. The van der Waals surface area contributed by atoms with Crippen molar-refractivity contribution in [1.82, 2.24) is 0 Å². The molecule has 8 fully saturated rings. The van der Waals surface area contributed by atoms with Gasteiger partial charge in [0.15, 0.2) is 0 Å². The van der Waals surface area contributed by atoms with Gasteiger partial charge in [-0.2, -0.15) is 0 Å². The number of hydrogen-bond donors (Lipinski definition) is 0. The summed E-state index contributed by atoms with van der Waals surface area (Å²) in [5, 5.41) is 0. The fraction of sp³-hybridized carbons (Fsp3) is 1.00. The largest absolute Gasteiger partial charge is 0.0853 e. The molecule has 0 N–H and O–H groups in total. The lowest BCUT2D eigenvalue weighted by Gasteiger charge is -2.72. The average Bonchev–Trinajstić information content (AvgIpc) is 2.31. The van der Waals surface area contributed by atoms with Gasteiger partial charge in [-0.05, 0) is 112 Å². The lowest BCUT2D eigenvalue weighted by molar-refractivity contribution is -0.186. The van der Waals surface area contributed by atoms with Crippen molar-refractivity contribution in [2.75, 3.05) is 0 Å². The monoisotopic (exact) mass is 426 g/mol. The van der Waals surface area contributed by atoms with Crippen LogP contribution in [0.25, 0.3) is 0 Å². The van der Waals surface area contributed by atoms with Crippen molar-refractivity contribution in [1.29, 1.82) is 0 Å². The molecule has 0 aromatic carbocycles. The van der Waals surface area contributed by atoms with Gasteiger partial charge in [-0.25, -0.2) is 0 Å². The minimum absolute atomic E-state index is 0.542. The first-order valence-corrected chi connectivity index (χ1v) is 11.4. The van der Waals surface area contributed by atoms with Crippen LogP contribution in [0.2, 0.25) is 0 Å². The zero-order valence-corrected chi connectivity index (χ0v) is 16.7. The van der Waals surface area contributed by atoms with Gasteiger partial charge in [0.1, 0.15) is 0 Å². The van der Waals surface area contributed by atoms with E-state index in [1.807, 2.05) is 0 Å². The Balaban J connectivity index is 1.46. The summed E-state index contributed by atoms with van der Waals surface area (Å²) in [7, 11) is 0. The molecule has 8 aliphatic carbocycles. The Hall–Kier alpha value is 0.960. The van der Waals surface area contributed by atoms with Crippen LogP contribution >= 0.6 is 31.9 Å². The van der Waals surface area contributed by atoms with Gasteiger partial charge in [-0.3, -0.25) is 0 Å². The molecule has 4 unspecified atom stereocenters. The fourth-order valence-electron chi connectivity index (χ4n) is 9.54. The maximum atomic E-state index is 4.27. The first-order valence-electron chi connectivity index (χ1n) is 9.77. The molecule has 0 aliphatic heterocycles. The molecule has 8 rings (SSSR count). The summed E-state index contributed by atoms with van der Waals surface area (Å²) < 4.78 is 1.08. The van der Waals surface area contributed by atoms with Gasteiger partial charge in [0.05, 0.1) is 0 Å². The van der Waals surface area contributed by atoms with Crippen LogP contribution in [-0.2, 0) is 0 Å². The van der Waals surface area contributed by atoms with Crippen LogP contribution < -0.4 is 0 Å². The molecule has 8 bridgehead atoms. The van der Waals surface area contributed by atoms with Crippen molar-refractivity contribution in [3.8, 4) is 0 Å². The molecule has 0 nitrogen and oxygen atoms in total. The highest BCUT2D eigenvalue weighted by Gasteiger charge is 2.69. The van der Waals surface area contributed by atoms with Gasteiger partial charge >= 0.3 is 0 Å². The van der Waals surface area contributed by atoms with Crippen LogP contribution in [0.15, 0.2) is 0 Å². The highest BCUT2D eigenvalue weighted by molar-refractivity contribution is 9.10. The van der Waals surface area contributed by atoms with E-state index in [-0.39, 0.29) is 0 Å². The number of halogens is 2. The lowest BCUT2D eigenvalue weighted by atomic mass is 9.35. The lowest BCUT2D eigenvalue weighted by Crippen LogP contribution is -2.65. The standard InChI is InChI=1S/C20H28Br2/c21-19-7-13-1-14(8-19)4-17(3-13,11-19)18-5-15-2-16(6-18)10-20(22,9-15)12-18/h13-16H,1-12H2/t13-,14+,15-,16+,17?,18?,19?,20?. The van der Waals surface area contributed by atoms with Gasteiger partial charge in [0, 0.05) is 8.65 Å². The molecule has 0 aromatic rings. The molecule has 122 valence electrons. The highest BCUT2D eigenvalue weighted by atomic mass is 79.9. The zero-order chi connectivity index (χ0) is 14.8. The van der Waals surface area contributed by atoms with Crippen molar-refractivity contribution in [2.24, 2.45) is 34.5 Å². The van der Waals surface area contributed by atoms with Crippen LogP contribution in [0, 0.1) is 34.5 Å². The van der Waals surface area contributed by atoms with Crippen molar-refractivity contribution in [3.05, 3.63) is 0 Å². The molecular formula is C20H28Br2. The maximum absolute atomic E-state index is 4.27. The Labute approximate surface area is 151 Å². The smallest absolute Gasteiger partial charge is 0.0268 e. The fourth-order valence-corrected chi connectivity index (χ4v) is 12.4. The molecule has 22 heavy (non-hydrogen) atoms. The summed E-state index contributed by atoms with van der Waals surface area (Å²) in [4.78, 5) is 0. The summed E-state index contributed by atoms with van der Waals surface area (Å²) >= 11 is 8.55. The maximum Gasteiger partial charge on any atom is 0.0268 e. The third-order valence-electron chi connectivity index (χ3n) is 9.10. The Morgan fingerprint density at radius 3 is 1.09 bits per heavy atom. The van der Waals surface area contributed by atoms with Crippen LogP contribution in [-0.4, -0.2) is 8.65 Å². The molecular weight excluding hydrogens is 400 g/mol. The van der Waals surface area contributed by atoms with E-state index in [2.05, 4.69) is 31.9 Å². The molecule has 0 heterocycles. The predicted molar refractivity (Wildman–Crippen MR) is 97.5 cm³/mol. The SMILES string of the molecule is BrC12C[C@H]3C[C@@H](C1)CC(C14C[C@@H]5C[C@@H](CC(Br)(C5)C1)C4)(C3)C2. The number of alkyl halides is 2. The molecule has 0 saturated heterocycles. The first kappa shape index (κ1) is 14.2. The quantitative estimate of drug-likeness (QED) is 0.421. The minimum atomic E-state index is 0.542. The Morgan fingerprint density at radius 1 is 0.500 bits per heavy atom. The van der Waals surface area contributed by atoms with E-state index >= 15 is 0 Å². The van der Waals surface area contributed by atoms with E-state index in [0.29, 0.717) is 8.65 Å². The Kier molecular flexibility index (Phi) is 2.59. The van der Waals surface area contributed by atoms with Crippen molar-refractivity contribution < 1.29 is 0 Å². The Morgan fingerprint density at radius 2 is 0.818 bits per heavy atom. The van der Waals surface area contributed by atoms with Crippen molar-refractivity contribution >= 4 is 31.9 Å². The van der Waals surface area contributed by atoms with Gasteiger partial charge in [-0.1, -0.05) is 31.9 Å². The van der Waals surface area contributed by atoms with Crippen molar-refractivity contribution in [3.63, 3.8) is 0 Å². The predicted octanol–water partition coefficient (Wildman–Crippen LogP) is 6.45. The highest BCUT2D eigenvalue weighted by Crippen LogP contribution is 2.77. The van der Waals surface area contributed by atoms with Crippen molar-refractivity contribution in [2.45, 2.75) is 85.7 Å². The van der Waals surface area contributed by atoms with E-state index in [9.17, 15) is 0 Å². The second-order valence-electron chi connectivity index (χ2n) is 10.8. The molecule has 8 atom stereocenters. The van der Waals surface area contributed by atoms with E-state index < -0.39 is 0 Å². The molecule has 0 aromatic heterocycles. The third-order valence-corrected chi connectivity index (χ3v) is 11.0. The zero-order valence-electron chi connectivity index (χ0n) is 13.6.